The molecule has 0 bridgehead atoms. The molecule has 7 heteroatoms. The van der Waals surface area contributed by atoms with Crippen molar-refractivity contribution in [2.45, 2.75) is 26.4 Å². The number of rotatable bonds is 6. The van der Waals surface area contributed by atoms with Crippen LogP contribution in [0.5, 0.6) is 0 Å². The number of primary amides is 1. The molecule has 0 radical (unpaired) electrons. The van der Waals surface area contributed by atoms with Crippen molar-refractivity contribution in [3.8, 4) is 11.3 Å². The molecule has 0 spiro atoms. The Hall–Kier alpha value is -3.45. The molecule has 3 aromatic rings. The van der Waals surface area contributed by atoms with Gasteiger partial charge in [0.1, 0.15) is 0 Å². The van der Waals surface area contributed by atoms with Gasteiger partial charge in [-0.3, -0.25) is 4.79 Å². The van der Waals surface area contributed by atoms with E-state index in [1.165, 1.54) is 0 Å². The van der Waals surface area contributed by atoms with Gasteiger partial charge >= 0.3 is 6.03 Å². The number of amides is 3. The first-order valence-electron chi connectivity index (χ1n) is 9.43. The first kappa shape index (κ1) is 20.3. The normalized spacial score (nSPS) is 11.8. The van der Waals surface area contributed by atoms with Crippen LogP contribution < -0.4 is 16.4 Å². The van der Waals surface area contributed by atoms with E-state index in [-0.39, 0.29) is 6.54 Å². The maximum Gasteiger partial charge on any atom is 0.319 e. The summed E-state index contributed by atoms with van der Waals surface area (Å²) in [6.45, 7) is 3.80. The van der Waals surface area contributed by atoms with Crippen molar-refractivity contribution < 1.29 is 14.7 Å². The summed E-state index contributed by atoms with van der Waals surface area (Å²) < 4.78 is 0. The zero-order valence-electron chi connectivity index (χ0n) is 16.4. The number of urea groups is 1. The van der Waals surface area contributed by atoms with Crippen molar-refractivity contribution in [1.82, 2.24) is 10.3 Å². The number of aliphatic hydroxyl groups excluding tert-OH is 1. The van der Waals surface area contributed by atoms with Crippen LogP contribution in [0.1, 0.15) is 29.3 Å². The van der Waals surface area contributed by atoms with Crippen LogP contribution in [0.25, 0.3) is 22.2 Å². The van der Waals surface area contributed by atoms with Gasteiger partial charge in [0.25, 0.3) is 0 Å². The van der Waals surface area contributed by atoms with Crippen LogP contribution in [0.2, 0.25) is 0 Å². The van der Waals surface area contributed by atoms with Crippen LogP contribution in [0.3, 0.4) is 0 Å². The summed E-state index contributed by atoms with van der Waals surface area (Å²) in [4.78, 5) is 29.0. The second kappa shape index (κ2) is 8.70. The molecule has 0 aliphatic carbocycles. The Kier molecular flexibility index (Phi) is 6.09. The summed E-state index contributed by atoms with van der Waals surface area (Å²) in [6.07, 6.45) is -0.0468. The monoisotopic (exact) mass is 392 g/mol. The molecule has 150 valence electrons. The summed E-state index contributed by atoms with van der Waals surface area (Å²) in [5, 5.41) is 15.4. The van der Waals surface area contributed by atoms with Gasteiger partial charge in [0.15, 0.2) is 0 Å². The van der Waals surface area contributed by atoms with Gasteiger partial charge in [-0.15, -0.1) is 0 Å². The molecule has 29 heavy (non-hydrogen) atoms. The fraction of sp³-hybridized carbons (Fsp3) is 0.227. The number of nitrogens with one attached hydrogen (secondary N) is 2. The van der Waals surface area contributed by atoms with Gasteiger partial charge in [0.05, 0.1) is 22.9 Å². The third kappa shape index (κ3) is 4.52. The van der Waals surface area contributed by atoms with E-state index in [1.807, 2.05) is 44.2 Å². The molecule has 5 N–H and O–H groups in total. The first-order valence-corrected chi connectivity index (χ1v) is 9.43. The topological polar surface area (TPSA) is 117 Å². The fourth-order valence-corrected chi connectivity index (χ4v) is 3.16. The highest BCUT2D eigenvalue weighted by Crippen LogP contribution is 2.30. The summed E-state index contributed by atoms with van der Waals surface area (Å²) in [7, 11) is 0. The molecule has 0 aliphatic rings. The van der Waals surface area contributed by atoms with Crippen molar-refractivity contribution in [2.75, 3.05) is 11.9 Å². The lowest BCUT2D eigenvalue weighted by molar-refractivity contribution is 0.100. The highest BCUT2D eigenvalue weighted by Gasteiger charge is 2.17. The van der Waals surface area contributed by atoms with E-state index in [9.17, 15) is 14.7 Å². The Morgan fingerprint density at radius 3 is 2.55 bits per heavy atom. The minimum Gasteiger partial charge on any atom is -0.391 e. The number of pyridine rings is 1. The highest BCUT2D eigenvalue weighted by molar-refractivity contribution is 6.09. The smallest absolute Gasteiger partial charge is 0.319 e. The molecule has 0 saturated carbocycles. The number of hydrogen-bond donors (Lipinski definition) is 4. The number of carbonyl (C=O) groups excluding carboxylic acids is 2. The highest BCUT2D eigenvalue weighted by atomic mass is 16.3. The molecule has 1 aromatic heterocycles. The number of carbonyl (C=O) groups is 2. The second-order valence-corrected chi connectivity index (χ2v) is 6.82. The first-order chi connectivity index (χ1) is 13.9. The second-order valence-electron chi connectivity index (χ2n) is 6.82. The number of fused-ring (bicyclic) bond motifs is 1. The number of aromatic nitrogens is 1. The van der Waals surface area contributed by atoms with Crippen LogP contribution in [0.15, 0.2) is 48.5 Å². The van der Waals surface area contributed by atoms with Crippen LogP contribution in [-0.4, -0.2) is 34.7 Å². The van der Waals surface area contributed by atoms with Gasteiger partial charge in [-0.05, 0) is 37.1 Å². The van der Waals surface area contributed by atoms with Gasteiger partial charge < -0.3 is 21.5 Å². The number of nitrogens with two attached hydrogens (primary N) is 1. The van der Waals surface area contributed by atoms with Gasteiger partial charge in [-0.25, -0.2) is 9.78 Å². The standard InChI is InChI=1S/C22H24N4O3/c1-3-16(27)12-24-22(29)25-15-9-10-18-17(11-15)19(21(23)28)13(2)20(26-18)14-7-5-4-6-8-14/h4-11,16,27H,3,12H2,1-2H3,(H2,23,28)(H2,24,25,29)/t16-/m1/s1. The summed E-state index contributed by atoms with van der Waals surface area (Å²) >= 11 is 0. The number of nitrogens with zero attached hydrogens (tertiary/aromatic N) is 1. The van der Waals surface area contributed by atoms with Gasteiger partial charge in [-0.2, -0.15) is 0 Å². The quantitative estimate of drug-likeness (QED) is 0.515. The average molecular weight is 392 g/mol. The van der Waals surface area contributed by atoms with Gasteiger partial charge in [-0.1, -0.05) is 37.3 Å². The molecule has 3 rings (SSSR count). The van der Waals surface area contributed by atoms with Crippen molar-refractivity contribution >= 4 is 28.5 Å². The molecule has 3 amide bonds. The largest absolute Gasteiger partial charge is 0.391 e. The Labute approximate surface area is 169 Å². The third-order valence-electron chi connectivity index (χ3n) is 4.75. The third-order valence-corrected chi connectivity index (χ3v) is 4.75. The predicted molar refractivity (Wildman–Crippen MR) is 114 cm³/mol. The van der Waals surface area contributed by atoms with E-state index in [0.717, 1.165) is 5.56 Å². The van der Waals surface area contributed by atoms with Crippen molar-refractivity contribution in [2.24, 2.45) is 5.73 Å². The maximum atomic E-state index is 12.2. The molecule has 0 unspecified atom stereocenters. The molecule has 2 aromatic carbocycles. The van der Waals surface area contributed by atoms with E-state index < -0.39 is 18.0 Å². The average Bonchev–Trinajstić information content (AvgIpc) is 2.71. The Morgan fingerprint density at radius 1 is 1.17 bits per heavy atom. The lowest BCUT2D eigenvalue weighted by Gasteiger charge is -2.14. The molecule has 1 heterocycles. The molecule has 0 saturated heterocycles. The van der Waals surface area contributed by atoms with Crippen LogP contribution in [0.4, 0.5) is 10.5 Å². The lowest BCUT2D eigenvalue weighted by Crippen LogP contribution is -2.34. The Morgan fingerprint density at radius 2 is 1.90 bits per heavy atom. The fourth-order valence-electron chi connectivity index (χ4n) is 3.16. The van der Waals surface area contributed by atoms with E-state index in [1.54, 1.807) is 18.2 Å². The van der Waals surface area contributed by atoms with E-state index in [0.29, 0.717) is 39.8 Å². The zero-order valence-corrected chi connectivity index (χ0v) is 16.4. The van der Waals surface area contributed by atoms with Crippen molar-refractivity contribution in [1.29, 1.82) is 0 Å². The van der Waals surface area contributed by atoms with Gasteiger partial charge in [0.2, 0.25) is 5.91 Å². The minimum absolute atomic E-state index is 0.156. The minimum atomic E-state index is -0.595. The van der Waals surface area contributed by atoms with Crippen molar-refractivity contribution in [3.63, 3.8) is 0 Å². The number of aliphatic hydroxyl groups is 1. The Bertz CT molecular complexity index is 1050. The molecule has 0 fully saturated rings. The van der Waals surface area contributed by atoms with E-state index >= 15 is 0 Å². The predicted octanol–water partition coefficient (Wildman–Crippen LogP) is 3.20. The molecule has 1 atom stereocenters. The van der Waals surface area contributed by atoms with Crippen LogP contribution in [-0.2, 0) is 0 Å². The van der Waals surface area contributed by atoms with Gasteiger partial charge in [0, 0.05) is 23.2 Å². The van der Waals surface area contributed by atoms with Crippen LogP contribution >= 0.6 is 0 Å². The molecule has 7 nitrogen and oxygen atoms in total. The Balaban J connectivity index is 1.99. The van der Waals surface area contributed by atoms with E-state index in [4.69, 9.17) is 10.7 Å². The number of benzene rings is 2. The number of anilines is 1. The van der Waals surface area contributed by atoms with Crippen LogP contribution in [0, 0.1) is 6.92 Å². The summed E-state index contributed by atoms with van der Waals surface area (Å²) in [5.74, 6) is -0.556. The van der Waals surface area contributed by atoms with E-state index in [2.05, 4.69) is 10.6 Å². The summed E-state index contributed by atoms with van der Waals surface area (Å²) in [6, 6.07) is 14.3. The maximum absolute atomic E-state index is 12.2. The number of hydrogen-bond acceptors (Lipinski definition) is 4. The molecular formula is C22H24N4O3. The summed E-state index contributed by atoms with van der Waals surface area (Å²) in [5.41, 5.74) is 9.43. The molecule has 0 aliphatic heterocycles. The molecular weight excluding hydrogens is 368 g/mol. The van der Waals surface area contributed by atoms with Crippen molar-refractivity contribution in [3.05, 3.63) is 59.7 Å². The SMILES string of the molecule is CC[C@@H](O)CNC(=O)Nc1ccc2nc(-c3ccccc3)c(C)c(C(N)=O)c2c1. The lowest BCUT2D eigenvalue weighted by atomic mass is 9.97. The zero-order chi connectivity index (χ0) is 21.0.